The molecule has 2 aliphatic rings. The third kappa shape index (κ3) is 3.55. The van der Waals surface area contributed by atoms with E-state index < -0.39 is 8.32 Å². The Labute approximate surface area is 161 Å². The summed E-state index contributed by atoms with van der Waals surface area (Å²) in [4.78, 5) is 0. The van der Waals surface area contributed by atoms with Crippen molar-refractivity contribution < 1.29 is 9.16 Å². The summed E-state index contributed by atoms with van der Waals surface area (Å²) in [5, 5.41) is 0.499. The van der Waals surface area contributed by atoms with Crippen LogP contribution in [0.5, 0.6) is 0 Å². The summed E-state index contributed by atoms with van der Waals surface area (Å²) >= 11 is 0. The molecular weight excluding hydrogens is 336 g/mol. The third-order valence-corrected chi connectivity index (χ3v) is 13.7. The van der Waals surface area contributed by atoms with Gasteiger partial charge in [-0.1, -0.05) is 78.3 Å². The van der Waals surface area contributed by atoms with Crippen LogP contribution in [-0.2, 0) is 15.8 Å². The molecule has 2 nitrogen and oxygen atoms in total. The number of rotatable bonds is 5. The predicted molar refractivity (Wildman–Crippen MR) is 112 cm³/mol. The van der Waals surface area contributed by atoms with Crippen LogP contribution in [0.1, 0.15) is 72.8 Å². The Kier molecular flexibility index (Phi) is 5.73. The molecule has 1 aliphatic heterocycles. The molecule has 3 rings (SSSR count). The Hall–Kier alpha value is -0.643. The highest BCUT2D eigenvalue weighted by Crippen LogP contribution is 2.66. The first-order valence-corrected chi connectivity index (χ1v) is 12.4. The lowest BCUT2D eigenvalue weighted by atomic mass is 9.99. The Morgan fingerprint density at radius 1 is 1.00 bits per heavy atom. The molecule has 1 saturated carbocycles. The van der Waals surface area contributed by atoms with E-state index in [-0.39, 0.29) is 10.1 Å². The second-order valence-electron chi connectivity index (χ2n) is 10.4. The van der Waals surface area contributed by atoms with Gasteiger partial charge in [-0.2, -0.15) is 0 Å². The summed E-state index contributed by atoms with van der Waals surface area (Å²) in [6, 6.07) is 10.5. The van der Waals surface area contributed by atoms with Crippen molar-refractivity contribution >= 4 is 8.32 Å². The molecule has 3 heteroatoms. The van der Waals surface area contributed by atoms with Gasteiger partial charge in [-0.3, -0.25) is 0 Å². The quantitative estimate of drug-likeness (QED) is 0.421. The van der Waals surface area contributed by atoms with Gasteiger partial charge in [-0.05, 0) is 46.4 Å². The molecule has 0 bridgehead atoms. The van der Waals surface area contributed by atoms with Gasteiger partial charge in [0, 0.05) is 12.7 Å². The maximum Gasteiger partial charge on any atom is 0.207 e. The lowest BCUT2D eigenvalue weighted by molar-refractivity contribution is 0.113. The minimum Gasteiger partial charge on any atom is -0.412 e. The normalized spacial score (nSPS) is 28.3. The second-order valence-corrected chi connectivity index (χ2v) is 15.9. The van der Waals surface area contributed by atoms with Crippen molar-refractivity contribution in [2.24, 2.45) is 5.92 Å². The van der Waals surface area contributed by atoms with Gasteiger partial charge in [-0.25, -0.2) is 0 Å². The lowest BCUT2D eigenvalue weighted by Gasteiger charge is -2.52. The number of hydrogen-bond acceptors (Lipinski definition) is 2. The fourth-order valence-corrected chi connectivity index (χ4v) is 13.8. The van der Waals surface area contributed by atoms with E-state index in [9.17, 15) is 0 Å². The Morgan fingerprint density at radius 3 is 2.27 bits per heavy atom. The molecule has 1 aromatic carbocycles. The van der Waals surface area contributed by atoms with Gasteiger partial charge in [0.1, 0.15) is 0 Å². The lowest BCUT2D eigenvalue weighted by Crippen LogP contribution is -2.56. The molecule has 1 aromatic rings. The first-order valence-electron chi connectivity index (χ1n) is 10.5. The number of hydrogen-bond donors (Lipinski definition) is 0. The molecule has 146 valence electrons. The maximum absolute atomic E-state index is 7.11. The molecule has 0 unspecified atom stereocenters. The Balaban J connectivity index is 1.74. The smallest absolute Gasteiger partial charge is 0.207 e. The van der Waals surface area contributed by atoms with Gasteiger partial charge in [0.2, 0.25) is 8.32 Å². The monoisotopic (exact) mass is 374 g/mol. The summed E-state index contributed by atoms with van der Waals surface area (Å²) in [6.45, 7) is 16.2. The molecule has 0 spiro atoms. The SMILES string of the molecule is CC(C)(C)[Si]1(C(C)(C)C)O[C@@H]2CCC[C@@H]2[C@@H]1CCOCc1ccccc1. The van der Waals surface area contributed by atoms with Gasteiger partial charge in [0.15, 0.2) is 0 Å². The largest absolute Gasteiger partial charge is 0.412 e. The first-order chi connectivity index (χ1) is 12.2. The molecule has 26 heavy (non-hydrogen) atoms. The first kappa shape index (κ1) is 20.1. The maximum atomic E-state index is 7.11. The summed E-state index contributed by atoms with van der Waals surface area (Å²) < 4.78 is 13.2. The molecule has 2 fully saturated rings. The highest BCUT2D eigenvalue weighted by molar-refractivity contribution is 6.81. The van der Waals surface area contributed by atoms with Crippen molar-refractivity contribution in [3.63, 3.8) is 0 Å². The van der Waals surface area contributed by atoms with Crippen LogP contribution in [0.15, 0.2) is 30.3 Å². The van der Waals surface area contributed by atoms with E-state index in [4.69, 9.17) is 9.16 Å². The van der Waals surface area contributed by atoms with E-state index in [1.54, 1.807) is 0 Å². The molecule has 3 atom stereocenters. The molecule has 1 heterocycles. The highest BCUT2D eigenvalue weighted by atomic mass is 28.4. The van der Waals surface area contributed by atoms with Crippen LogP contribution in [0.3, 0.4) is 0 Å². The predicted octanol–water partition coefficient (Wildman–Crippen LogP) is 6.71. The fraction of sp³-hybridized carbons (Fsp3) is 0.739. The van der Waals surface area contributed by atoms with Crippen LogP contribution in [0.4, 0.5) is 0 Å². The van der Waals surface area contributed by atoms with E-state index in [1.165, 1.54) is 24.8 Å². The Morgan fingerprint density at radius 2 is 1.65 bits per heavy atom. The van der Waals surface area contributed by atoms with Gasteiger partial charge in [0.05, 0.1) is 6.61 Å². The van der Waals surface area contributed by atoms with Crippen molar-refractivity contribution in [1.29, 1.82) is 0 Å². The van der Waals surface area contributed by atoms with Crippen molar-refractivity contribution in [3.8, 4) is 0 Å². The van der Waals surface area contributed by atoms with E-state index in [1.807, 2.05) is 0 Å². The average molecular weight is 375 g/mol. The van der Waals surface area contributed by atoms with Crippen molar-refractivity contribution in [1.82, 2.24) is 0 Å². The third-order valence-electron chi connectivity index (χ3n) is 6.79. The van der Waals surface area contributed by atoms with E-state index in [2.05, 4.69) is 71.9 Å². The van der Waals surface area contributed by atoms with Gasteiger partial charge in [0.25, 0.3) is 0 Å². The van der Waals surface area contributed by atoms with Crippen molar-refractivity contribution in [2.75, 3.05) is 6.61 Å². The van der Waals surface area contributed by atoms with Crippen LogP contribution in [0, 0.1) is 5.92 Å². The number of fused-ring (bicyclic) bond motifs is 1. The number of ether oxygens (including phenoxy) is 1. The van der Waals surface area contributed by atoms with Crippen LogP contribution in [-0.4, -0.2) is 21.0 Å². The standard InChI is InChI=1S/C23H38O2Si/c1-22(2,3)26(23(4,5)6)21(19-13-10-14-20(19)25-26)15-16-24-17-18-11-8-7-9-12-18/h7-9,11-12,19-21H,10,13-17H2,1-6H3/t19-,20+,21-/m0/s1. The molecule has 1 aliphatic carbocycles. The summed E-state index contributed by atoms with van der Waals surface area (Å²) in [5.41, 5.74) is 1.98. The van der Waals surface area contributed by atoms with Crippen LogP contribution >= 0.6 is 0 Å². The van der Waals surface area contributed by atoms with Crippen LogP contribution < -0.4 is 0 Å². The number of benzene rings is 1. The summed E-state index contributed by atoms with van der Waals surface area (Å²) in [7, 11) is -1.97. The van der Waals surface area contributed by atoms with Gasteiger partial charge in [-0.15, -0.1) is 0 Å². The van der Waals surface area contributed by atoms with E-state index in [0.29, 0.717) is 11.6 Å². The minimum absolute atomic E-state index is 0.250. The van der Waals surface area contributed by atoms with Gasteiger partial charge >= 0.3 is 0 Å². The molecule has 1 saturated heterocycles. The zero-order valence-corrected chi connectivity index (χ0v) is 18.7. The molecule has 0 radical (unpaired) electrons. The molecule has 0 N–H and O–H groups in total. The molecule has 0 aromatic heterocycles. The van der Waals surface area contributed by atoms with Crippen molar-refractivity contribution in [2.45, 2.75) is 95.6 Å². The van der Waals surface area contributed by atoms with Crippen LogP contribution in [0.2, 0.25) is 15.6 Å². The van der Waals surface area contributed by atoms with Crippen LogP contribution in [0.25, 0.3) is 0 Å². The second kappa shape index (κ2) is 7.41. The summed E-state index contributed by atoms with van der Waals surface area (Å²) in [5.74, 6) is 0.764. The zero-order chi connectivity index (χ0) is 19.0. The fourth-order valence-electron chi connectivity index (χ4n) is 6.17. The zero-order valence-electron chi connectivity index (χ0n) is 17.7. The van der Waals surface area contributed by atoms with Crippen molar-refractivity contribution in [3.05, 3.63) is 35.9 Å². The van der Waals surface area contributed by atoms with E-state index >= 15 is 0 Å². The van der Waals surface area contributed by atoms with Gasteiger partial charge < -0.3 is 9.16 Å². The average Bonchev–Trinajstić information content (AvgIpc) is 3.11. The summed E-state index contributed by atoms with van der Waals surface area (Å²) in [6.07, 6.45) is 5.64. The Bertz CT molecular complexity index is 570. The molecular formula is C23H38O2Si. The highest BCUT2D eigenvalue weighted by Gasteiger charge is 2.67. The molecule has 0 amide bonds. The minimum atomic E-state index is -1.97. The van der Waals surface area contributed by atoms with E-state index in [0.717, 1.165) is 25.6 Å². The topological polar surface area (TPSA) is 18.5 Å².